The summed E-state index contributed by atoms with van der Waals surface area (Å²) in [4.78, 5) is 18.8. The Kier molecular flexibility index (Phi) is 9.17. The molecule has 1 heterocycles. The Hall–Kier alpha value is -3.53. The van der Waals surface area contributed by atoms with Gasteiger partial charge in [-0.2, -0.15) is 0 Å². The van der Waals surface area contributed by atoms with Gasteiger partial charge in [0, 0.05) is 43.2 Å². The average Bonchev–Trinajstić information content (AvgIpc) is 3.02. The average molecular weight is 545 g/mol. The first-order valence-corrected chi connectivity index (χ1v) is 15.2. The molecule has 1 saturated heterocycles. The van der Waals surface area contributed by atoms with Crippen molar-refractivity contribution in [3.8, 4) is 0 Å². The van der Waals surface area contributed by atoms with Crippen molar-refractivity contribution in [2.45, 2.75) is 64.7 Å². The van der Waals surface area contributed by atoms with Crippen molar-refractivity contribution >= 4 is 5.78 Å². The standard InChI is InChI=1S/C38H44N2O/c1-29(2)40(30(3)4)28-31-20-22-32(23-21-31)37(41)33-24-26-39(27-25-33)38(34-14-8-5-9-15-34,35-16-10-6-11-17-35)36-18-12-7-13-19-36/h5-23,29-30,33H,24-28H2,1-4H3. The molecule has 41 heavy (non-hydrogen) atoms. The second-order valence-corrected chi connectivity index (χ2v) is 12.0. The van der Waals surface area contributed by atoms with E-state index in [-0.39, 0.29) is 11.7 Å². The summed E-state index contributed by atoms with van der Waals surface area (Å²) in [7, 11) is 0. The number of piperidine rings is 1. The number of nitrogens with zero attached hydrogens (tertiary/aromatic N) is 2. The highest BCUT2D eigenvalue weighted by Gasteiger charge is 2.44. The van der Waals surface area contributed by atoms with Crippen LogP contribution in [-0.2, 0) is 12.1 Å². The Morgan fingerprint density at radius 2 is 1.10 bits per heavy atom. The minimum atomic E-state index is -0.419. The van der Waals surface area contributed by atoms with Crippen LogP contribution in [0.25, 0.3) is 0 Å². The van der Waals surface area contributed by atoms with Gasteiger partial charge < -0.3 is 0 Å². The van der Waals surface area contributed by atoms with Crippen LogP contribution in [0.5, 0.6) is 0 Å². The smallest absolute Gasteiger partial charge is 0.166 e. The Bertz CT molecular complexity index is 1270. The van der Waals surface area contributed by atoms with E-state index in [4.69, 9.17) is 0 Å². The van der Waals surface area contributed by atoms with Crippen LogP contribution < -0.4 is 0 Å². The van der Waals surface area contributed by atoms with E-state index in [2.05, 4.69) is 141 Å². The van der Waals surface area contributed by atoms with Crippen LogP contribution in [0.15, 0.2) is 115 Å². The first kappa shape index (κ1) is 29.0. The van der Waals surface area contributed by atoms with Crippen molar-refractivity contribution in [2.75, 3.05) is 13.1 Å². The minimum absolute atomic E-state index is 0.0416. The number of Topliss-reactive ketones (excluding diaryl/α,β-unsaturated/α-hetero) is 1. The second kappa shape index (κ2) is 13.0. The first-order chi connectivity index (χ1) is 19.9. The highest BCUT2D eigenvalue weighted by Crippen LogP contribution is 2.44. The third kappa shape index (κ3) is 6.07. The minimum Gasteiger partial charge on any atom is -0.294 e. The van der Waals surface area contributed by atoms with Gasteiger partial charge in [-0.05, 0) is 62.8 Å². The van der Waals surface area contributed by atoms with Gasteiger partial charge in [-0.3, -0.25) is 14.6 Å². The lowest BCUT2D eigenvalue weighted by Gasteiger charge is -2.48. The molecular formula is C38H44N2O. The van der Waals surface area contributed by atoms with Crippen molar-refractivity contribution in [3.05, 3.63) is 143 Å². The van der Waals surface area contributed by atoms with Crippen molar-refractivity contribution in [1.82, 2.24) is 9.80 Å². The van der Waals surface area contributed by atoms with Gasteiger partial charge >= 0.3 is 0 Å². The molecule has 3 heteroatoms. The van der Waals surface area contributed by atoms with Gasteiger partial charge in [0.15, 0.2) is 5.78 Å². The molecule has 212 valence electrons. The lowest BCUT2D eigenvalue weighted by atomic mass is 9.74. The number of carbonyl (C=O) groups is 1. The zero-order valence-corrected chi connectivity index (χ0v) is 25.0. The molecule has 3 nitrogen and oxygen atoms in total. The van der Waals surface area contributed by atoms with Crippen molar-refractivity contribution in [2.24, 2.45) is 5.92 Å². The normalized spacial score (nSPS) is 15.1. The molecule has 0 radical (unpaired) electrons. The third-order valence-corrected chi connectivity index (χ3v) is 8.84. The molecule has 0 atom stereocenters. The molecule has 1 aliphatic rings. The molecule has 5 rings (SSSR count). The topological polar surface area (TPSA) is 23.6 Å². The quantitative estimate of drug-likeness (QED) is 0.149. The molecule has 0 aromatic heterocycles. The summed E-state index contributed by atoms with van der Waals surface area (Å²) in [5.41, 5.74) is 5.46. The number of rotatable bonds is 10. The van der Waals surface area contributed by atoms with E-state index in [1.165, 1.54) is 22.3 Å². The second-order valence-electron chi connectivity index (χ2n) is 12.0. The molecule has 0 amide bonds. The zero-order chi connectivity index (χ0) is 28.8. The van der Waals surface area contributed by atoms with Crippen LogP contribution in [0.3, 0.4) is 0 Å². The predicted molar refractivity (Wildman–Crippen MR) is 170 cm³/mol. The summed E-state index contributed by atoms with van der Waals surface area (Å²) < 4.78 is 0. The van der Waals surface area contributed by atoms with Gasteiger partial charge in [-0.1, -0.05) is 115 Å². The fourth-order valence-corrected chi connectivity index (χ4v) is 6.75. The predicted octanol–water partition coefficient (Wildman–Crippen LogP) is 8.19. The summed E-state index contributed by atoms with van der Waals surface area (Å²) in [5, 5.41) is 0. The number of hydrogen-bond donors (Lipinski definition) is 0. The van der Waals surface area contributed by atoms with Crippen molar-refractivity contribution < 1.29 is 4.79 Å². The molecule has 0 bridgehead atoms. The van der Waals surface area contributed by atoms with Crippen LogP contribution in [0, 0.1) is 5.92 Å². The van der Waals surface area contributed by atoms with Gasteiger partial charge in [0.25, 0.3) is 0 Å². The number of carbonyl (C=O) groups excluding carboxylic acids is 1. The van der Waals surface area contributed by atoms with Crippen LogP contribution in [0.2, 0.25) is 0 Å². The summed E-state index contributed by atoms with van der Waals surface area (Å²) in [6.45, 7) is 11.6. The molecule has 0 spiro atoms. The molecule has 0 N–H and O–H groups in total. The molecule has 4 aromatic carbocycles. The SMILES string of the molecule is CC(C)N(Cc1ccc(C(=O)C2CCN(C(c3ccccc3)(c3ccccc3)c3ccccc3)CC2)cc1)C(C)C. The molecule has 0 unspecified atom stereocenters. The number of benzene rings is 4. The van der Waals surface area contributed by atoms with Crippen molar-refractivity contribution in [1.29, 1.82) is 0 Å². The third-order valence-electron chi connectivity index (χ3n) is 8.84. The summed E-state index contributed by atoms with van der Waals surface area (Å²) in [6, 6.07) is 41.9. The van der Waals surface area contributed by atoms with Gasteiger partial charge in [0.1, 0.15) is 0 Å². The van der Waals surface area contributed by atoms with Gasteiger partial charge in [0.05, 0.1) is 5.54 Å². The Morgan fingerprint density at radius 3 is 1.49 bits per heavy atom. The molecule has 1 fully saturated rings. The van der Waals surface area contributed by atoms with Crippen LogP contribution >= 0.6 is 0 Å². The monoisotopic (exact) mass is 544 g/mol. The van der Waals surface area contributed by atoms with Crippen molar-refractivity contribution in [3.63, 3.8) is 0 Å². The van der Waals surface area contributed by atoms with Gasteiger partial charge in [0.2, 0.25) is 0 Å². The number of likely N-dealkylation sites (tertiary alicyclic amines) is 1. The van der Waals surface area contributed by atoms with E-state index in [1.807, 2.05) is 12.1 Å². The van der Waals surface area contributed by atoms with E-state index >= 15 is 0 Å². The maximum Gasteiger partial charge on any atom is 0.166 e. The lowest BCUT2D eigenvalue weighted by molar-refractivity contribution is 0.0725. The zero-order valence-electron chi connectivity index (χ0n) is 25.0. The fraction of sp³-hybridized carbons (Fsp3) is 0.342. The summed E-state index contributed by atoms with van der Waals surface area (Å²) >= 11 is 0. The van der Waals surface area contributed by atoms with E-state index < -0.39 is 5.54 Å². The summed E-state index contributed by atoms with van der Waals surface area (Å²) in [5.74, 6) is 0.324. The van der Waals surface area contributed by atoms with E-state index in [0.29, 0.717) is 12.1 Å². The molecular weight excluding hydrogens is 500 g/mol. The van der Waals surface area contributed by atoms with Gasteiger partial charge in [-0.15, -0.1) is 0 Å². The maximum absolute atomic E-state index is 13.7. The number of ketones is 1. The Balaban J connectivity index is 1.39. The van der Waals surface area contributed by atoms with E-state index in [9.17, 15) is 4.79 Å². The molecule has 1 aliphatic heterocycles. The largest absolute Gasteiger partial charge is 0.294 e. The Morgan fingerprint density at radius 1 is 0.683 bits per heavy atom. The highest BCUT2D eigenvalue weighted by molar-refractivity contribution is 5.98. The fourth-order valence-electron chi connectivity index (χ4n) is 6.75. The lowest BCUT2D eigenvalue weighted by Crippen LogP contribution is -2.52. The van der Waals surface area contributed by atoms with Crippen LogP contribution in [0.4, 0.5) is 0 Å². The van der Waals surface area contributed by atoms with Gasteiger partial charge in [-0.25, -0.2) is 0 Å². The number of hydrogen-bond acceptors (Lipinski definition) is 3. The molecule has 4 aromatic rings. The van der Waals surface area contributed by atoms with E-state index in [0.717, 1.165) is 38.0 Å². The van der Waals surface area contributed by atoms with Crippen LogP contribution in [0.1, 0.15) is 73.1 Å². The molecule has 0 aliphatic carbocycles. The van der Waals surface area contributed by atoms with Crippen LogP contribution in [-0.4, -0.2) is 40.8 Å². The summed E-state index contributed by atoms with van der Waals surface area (Å²) in [6.07, 6.45) is 1.70. The maximum atomic E-state index is 13.7. The highest BCUT2D eigenvalue weighted by atomic mass is 16.1. The first-order valence-electron chi connectivity index (χ1n) is 15.2. The van der Waals surface area contributed by atoms with E-state index in [1.54, 1.807) is 0 Å². The molecule has 0 saturated carbocycles. The Labute approximate surface area is 246 Å².